The molecule has 0 radical (unpaired) electrons. The van der Waals surface area contributed by atoms with E-state index in [9.17, 15) is 4.79 Å². The number of nitrogens with one attached hydrogen (secondary N) is 1. The molecule has 0 bridgehead atoms. The molecule has 2 heterocycles. The lowest BCUT2D eigenvalue weighted by Crippen LogP contribution is -2.51. The van der Waals surface area contributed by atoms with E-state index in [4.69, 9.17) is 9.47 Å². The molecule has 1 aromatic carbocycles. The molecule has 126 valence electrons. The molecular weight excluding hydrogens is 294 g/mol. The summed E-state index contributed by atoms with van der Waals surface area (Å²) in [6, 6.07) is 6.03. The van der Waals surface area contributed by atoms with Crippen LogP contribution >= 0.6 is 0 Å². The first-order valence-corrected chi connectivity index (χ1v) is 8.18. The van der Waals surface area contributed by atoms with Gasteiger partial charge in [-0.25, -0.2) is 0 Å². The van der Waals surface area contributed by atoms with Gasteiger partial charge in [0.15, 0.2) is 0 Å². The number of anilines is 1. The number of methoxy groups -OCH3 is 2. The Bertz CT molecular complexity index is 564. The molecular formula is C17H25N3O3. The van der Waals surface area contributed by atoms with Crippen LogP contribution in [0.25, 0.3) is 0 Å². The summed E-state index contributed by atoms with van der Waals surface area (Å²) in [6.45, 7) is 4.67. The first kappa shape index (κ1) is 16.1. The summed E-state index contributed by atoms with van der Waals surface area (Å²) in [5.41, 5.74) is 0.679. The van der Waals surface area contributed by atoms with E-state index in [2.05, 4.69) is 15.1 Å². The van der Waals surface area contributed by atoms with Crippen molar-refractivity contribution in [2.75, 3.05) is 52.3 Å². The lowest BCUT2D eigenvalue weighted by molar-refractivity contribution is -0.117. The van der Waals surface area contributed by atoms with E-state index >= 15 is 0 Å². The van der Waals surface area contributed by atoms with Crippen molar-refractivity contribution in [1.82, 2.24) is 9.80 Å². The van der Waals surface area contributed by atoms with Crippen LogP contribution in [0.15, 0.2) is 18.2 Å². The Labute approximate surface area is 137 Å². The van der Waals surface area contributed by atoms with Crippen molar-refractivity contribution in [3.8, 4) is 11.5 Å². The van der Waals surface area contributed by atoms with Gasteiger partial charge in [0.2, 0.25) is 5.91 Å². The lowest BCUT2D eigenvalue weighted by atomic mass is 10.1. The second-order valence-electron chi connectivity index (χ2n) is 6.18. The molecule has 3 rings (SSSR count). The minimum absolute atomic E-state index is 0.0000798. The van der Waals surface area contributed by atoms with E-state index in [1.54, 1.807) is 20.3 Å². The number of ether oxygens (including phenoxy) is 2. The first-order valence-electron chi connectivity index (χ1n) is 8.18. The number of benzene rings is 1. The summed E-state index contributed by atoms with van der Waals surface area (Å²) >= 11 is 0. The highest BCUT2D eigenvalue weighted by Crippen LogP contribution is 2.29. The molecule has 6 heteroatoms. The normalized spacial score (nSPS) is 21.7. The van der Waals surface area contributed by atoms with Crippen LogP contribution in [0.2, 0.25) is 0 Å². The summed E-state index contributed by atoms with van der Waals surface area (Å²) in [5, 5.41) is 2.94. The summed E-state index contributed by atoms with van der Waals surface area (Å²) < 4.78 is 10.5. The first-order chi connectivity index (χ1) is 11.2. The van der Waals surface area contributed by atoms with Crippen LogP contribution in [0.4, 0.5) is 5.69 Å². The number of nitrogens with zero attached hydrogens (tertiary/aromatic N) is 2. The Morgan fingerprint density at radius 2 is 2.13 bits per heavy atom. The van der Waals surface area contributed by atoms with Gasteiger partial charge in [-0.3, -0.25) is 14.6 Å². The van der Waals surface area contributed by atoms with Crippen molar-refractivity contribution in [1.29, 1.82) is 0 Å². The highest BCUT2D eigenvalue weighted by atomic mass is 16.5. The Morgan fingerprint density at radius 3 is 2.91 bits per heavy atom. The third kappa shape index (κ3) is 3.76. The average Bonchev–Trinajstić information content (AvgIpc) is 3.02. The highest BCUT2D eigenvalue weighted by molar-refractivity contribution is 5.93. The Hall–Kier alpha value is -1.79. The minimum Gasteiger partial charge on any atom is -0.497 e. The van der Waals surface area contributed by atoms with Crippen molar-refractivity contribution >= 4 is 11.6 Å². The average molecular weight is 319 g/mol. The molecule has 6 nitrogen and oxygen atoms in total. The molecule has 1 aromatic rings. The second kappa shape index (κ2) is 7.19. The monoisotopic (exact) mass is 319 g/mol. The van der Waals surface area contributed by atoms with Crippen molar-refractivity contribution in [2.45, 2.75) is 18.9 Å². The zero-order valence-electron chi connectivity index (χ0n) is 13.9. The zero-order valence-corrected chi connectivity index (χ0v) is 13.9. The molecule has 1 atom stereocenters. The molecule has 2 aliphatic heterocycles. The summed E-state index contributed by atoms with van der Waals surface area (Å²) in [7, 11) is 3.19. The van der Waals surface area contributed by atoms with Crippen molar-refractivity contribution in [3.05, 3.63) is 18.2 Å². The molecule has 1 amide bonds. The fraction of sp³-hybridized carbons (Fsp3) is 0.588. The predicted octanol–water partition coefficient (Wildman–Crippen LogP) is 1.42. The van der Waals surface area contributed by atoms with Crippen molar-refractivity contribution in [3.63, 3.8) is 0 Å². The van der Waals surface area contributed by atoms with Crippen LogP contribution in [-0.2, 0) is 4.79 Å². The number of carbonyl (C=O) groups excluding carboxylic acids is 1. The van der Waals surface area contributed by atoms with E-state index < -0.39 is 0 Å². The van der Waals surface area contributed by atoms with Crippen LogP contribution in [0.5, 0.6) is 11.5 Å². The van der Waals surface area contributed by atoms with Crippen LogP contribution < -0.4 is 14.8 Å². The van der Waals surface area contributed by atoms with E-state index in [0.29, 0.717) is 29.8 Å². The summed E-state index contributed by atoms with van der Waals surface area (Å²) in [4.78, 5) is 17.1. The number of piperazine rings is 1. The molecule has 23 heavy (non-hydrogen) atoms. The van der Waals surface area contributed by atoms with Gasteiger partial charge in [0.25, 0.3) is 0 Å². The molecule has 0 aliphatic carbocycles. The SMILES string of the molecule is COc1ccc(NC(=O)CN2CCN3CCCC3C2)c(OC)c1. The van der Waals surface area contributed by atoms with Gasteiger partial charge in [-0.05, 0) is 31.5 Å². The number of hydrogen-bond donors (Lipinski definition) is 1. The van der Waals surface area contributed by atoms with Crippen LogP contribution in [0.3, 0.4) is 0 Å². The van der Waals surface area contributed by atoms with Gasteiger partial charge >= 0.3 is 0 Å². The molecule has 0 aromatic heterocycles. The standard InChI is InChI=1S/C17H25N3O3/c1-22-14-5-6-15(16(10-14)23-2)18-17(21)12-19-8-9-20-7-3-4-13(20)11-19/h5-6,10,13H,3-4,7-9,11-12H2,1-2H3,(H,18,21). The van der Waals surface area contributed by atoms with Gasteiger partial charge in [-0.15, -0.1) is 0 Å². The molecule has 2 saturated heterocycles. The van der Waals surface area contributed by atoms with E-state index in [1.807, 2.05) is 12.1 Å². The maximum absolute atomic E-state index is 12.3. The minimum atomic E-state index is -0.0000798. The third-order valence-corrected chi connectivity index (χ3v) is 4.72. The number of carbonyl (C=O) groups is 1. The fourth-order valence-corrected chi connectivity index (χ4v) is 3.49. The number of rotatable bonds is 5. The van der Waals surface area contributed by atoms with Crippen LogP contribution in [0.1, 0.15) is 12.8 Å². The van der Waals surface area contributed by atoms with Crippen LogP contribution in [0, 0.1) is 0 Å². The Kier molecular flexibility index (Phi) is 5.03. The maximum Gasteiger partial charge on any atom is 0.238 e. The maximum atomic E-state index is 12.3. The second-order valence-corrected chi connectivity index (χ2v) is 6.18. The Balaban J connectivity index is 1.57. The molecule has 1 unspecified atom stereocenters. The zero-order chi connectivity index (χ0) is 16.2. The quantitative estimate of drug-likeness (QED) is 0.890. The fourth-order valence-electron chi connectivity index (χ4n) is 3.49. The van der Waals surface area contributed by atoms with E-state index in [1.165, 1.54) is 19.4 Å². The number of hydrogen-bond acceptors (Lipinski definition) is 5. The lowest BCUT2D eigenvalue weighted by Gasteiger charge is -2.37. The molecule has 2 fully saturated rings. The van der Waals surface area contributed by atoms with E-state index in [0.717, 1.165) is 19.6 Å². The van der Waals surface area contributed by atoms with Gasteiger partial charge in [-0.1, -0.05) is 0 Å². The molecule has 1 N–H and O–H groups in total. The largest absolute Gasteiger partial charge is 0.497 e. The van der Waals surface area contributed by atoms with Crippen molar-refractivity contribution in [2.24, 2.45) is 0 Å². The van der Waals surface area contributed by atoms with Gasteiger partial charge in [0, 0.05) is 31.7 Å². The molecule has 2 aliphatic rings. The van der Waals surface area contributed by atoms with Crippen molar-refractivity contribution < 1.29 is 14.3 Å². The molecule has 0 saturated carbocycles. The smallest absolute Gasteiger partial charge is 0.238 e. The number of amides is 1. The Morgan fingerprint density at radius 1 is 1.26 bits per heavy atom. The van der Waals surface area contributed by atoms with Gasteiger partial charge < -0.3 is 14.8 Å². The van der Waals surface area contributed by atoms with E-state index in [-0.39, 0.29) is 5.91 Å². The third-order valence-electron chi connectivity index (χ3n) is 4.72. The van der Waals surface area contributed by atoms with Gasteiger partial charge in [-0.2, -0.15) is 0 Å². The van der Waals surface area contributed by atoms with Gasteiger partial charge in [0.05, 0.1) is 26.5 Å². The predicted molar refractivity (Wildman–Crippen MR) is 89.2 cm³/mol. The van der Waals surface area contributed by atoms with Crippen LogP contribution in [-0.4, -0.2) is 68.7 Å². The number of fused-ring (bicyclic) bond motifs is 1. The van der Waals surface area contributed by atoms with Gasteiger partial charge in [0.1, 0.15) is 11.5 Å². The summed E-state index contributed by atoms with van der Waals surface area (Å²) in [5.74, 6) is 1.32. The highest BCUT2D eigenvalue weighted by Gasteiger charge is 2.31. The topological polar surface area (TPSA) is 54.0 Å². The summed E-state index contributed by atoms with van der Waals surface area (Å²) in [6.07, 6.45) is 2.54. The molecule has 0 spiro atoms.